The van der Waals surface area contributed by atoms with Gasteiger partial charge >= 0.3 is 6.18 Å². The predicted octanol–water partition coefficient (Wildman–Crippen LogP) is 3.01. The van der Waals surface area contributed by atoms with Gasteiger partial charge in [0.05, 0.1) is 6.33 Å². The molecule has 0 fully saturated rings. The number of carbonyl (C=O) groups is 1. The molecule has 0 aliphatic heterocycles. The van der Waals surface area contributed by atoms with Crippen molar-refractivity contribution in [2.75, 3.05) is 6.54 Å². The summed E-state index contributed by atoms with van der Waals surface area (Å²) < 4.78 is 38.4. The zero-order valence-corrected chi connectivity index (χ0v) is 15.7. The molecule has 29 heavy (non-hydrogen) atoms. The Labute approximate surface area is 163 Å². The van der Waals surface area contributed by atoms with E-state index in [2.05, 4.69) is 24.9 Å². The molecule has 0 saturated heterocycles. The Bertz CT molecular complexity index is 1080. The molecular weight excluding hydrogens is 387 g/mol. The van der Waals surface area contributed by atoms with Crippen LogP contribution in [0.5, 0.6) is 0 Å². The lowest BCUT2D eigenvalue weighted by atomic mass is 10.2. The van der Waals surface area contributed by atoms with Crippen molar-refractivity contribution in [1.82, 2.24) is 29.8 Å². The van der Waals surface area contributed by atoms with Crippen molar-refractivity contribution >= 4 is 34.5 Å². The molecular formula is C18H18F3N7O. The van der Waals surface area contributed by atoms with Crippen LogP contribution in [0, 0.1) is 0 Å². The lowest BCUT2D eigenvalue weighted by molar-refractivity contribution is -0.138. The summed E-state index contributed by atoms with van der Waals surface area (Å²) in [5.74, 6) is -0.435. The largest absolute Gasteiger partial charge is 0.405 e. The second-order valence-electron chi connectivity index (χ2n) is 6.16. The lowest BCUT2D eigenvalue weighted by Crippen LogP contribution is -2.35. The third-order valence-electron chi connectivity index (χ3n) is 3.98. The highest BCUT2D eigenvalue weighted by atomic mass is 19.4. The fourth-order valence-electron chi connectivity index (χ4n) is 2.69. The summed E-state index contributed by atoms with van der Waals surface area (Å²) in [6, 6.07) is 0. The number of alkyl halides is 3. The molecule has 2 N–H and O–H groups in total. The Hall–Kier alpha value is -3.50. The van der Waals surface area contributed by atoms with Gasteiger partial charge in [0.15, 0.2) is 5.82 Å². The van der Waals surface area contributed by atoms with Gasteiger partial charge in [-0.05, 0) is 19.9 Å². The van der Waals surface area contributed by atoms with Gasteiger partial charge < -0.3 is 14.9 Å². The zero-order valence-electron chi connectivity index (χ0n) is 15.7. The Balaban J connectivity index is 1.92. The van der Waals surface area contributed by atoms with Gasteiger partial charge in [-0.15, -0.1) is 0 Å². The second kappa shape index (κ2) is 8.25. The van der Waals surface area contributed by atoms with E-state index in [0.29, 0.717) is 22.9 Å². The SMILES string of the molecule is CC=Cc1ncn(CC(=O)NCC(F)(F)F)c1N=C(C)c1c[nH]c2ncncc12. The maximum atomic E-state index is 12.3. The molecule has 3 aromatic rings. The van der Waals surface area contributed by atoms with E-state index >= 15 is 0 Å². The summed E-state index contributed by atoms with van der Waals surface area (Å²) in [6.45, 7) is 1.83. The first kappa shape index (κ1) is 20.2. The number of hydrogen-bond donors (Lipinski definition) is 2. The van der Waals surface area contributed by atoms with E-state index in [1.165, 1.54) is 17.2 Å². The molecule has 3 rings (SSSR count). The van der Waals surface area contributed by atoms with Crippen LogP contribution in [-0.4, -0.2) is 48.8 Å². The number of carbonyl (C=O) groups excluding carboxylic acids is 1. The molecule has 0 aromatic carbocycles. The highest BCUT2D eigenvalue weighted by molar-refractivity contribution is 6.09. The molecule has 0 aliphatic carbocycles. The lowest BCUT2D eigenvalue weighted by Gasteiger charge is -2.10. The minimum absolute atomic E-state index is 0.344. The van der Waals surface area contributed by atoms with Gasteiger partial charge in [0.1, 0.15) is 30.8 Å². The van der Waals surface area contributed by atoms with Crippen LogP contribution in [0.15, 0.2) is 36.1 Å². The molecule has 0 aliphatic rings. The van der Waals surface area contributed by atoms with Crippen LogP contribution in [-0.2, 0) is 11.3 Å². The van der Waals surface area contributed by atoms with Crippen LogP contribution >= 0.6 is 0 Å². The Morgan fingerprint density at radius 1 is 1.38 bits per heavy atom. The number of imidazole rings is 1. The average molecular weight is 405 g/mol. The number of rotatable bonds is 6. The Kier molecular flexibility index (Phi) is 5.76. The number of nitrogens with one attached hydrogen (secondary N) is 2. The van der Waals surface area contributed by atoms with Crippen LogP contribution in [0.2, 0.25) is 0 Å². The molecule has 11 heteroatoms. The summed E-state index contributed by atoms with van der Waals surface area (Å²) in [5.41, 5.74) is 2.51. The third kappa shape index (κ3) is 4.86. The number of fused-ring (bicyclic) bond motifs is 1. The first-order valence-corrected chi connectivity index (χ1v) is 8.62. The number of aromatic nitrogens is 5. The van der Waals surface area contributed by atoms with Crippen LogP contribution in [0.3, 0.4) is 0 Å². The summed E-state index contributed by atoms with van der Waals surface area (Å²) in [6.07, 6.45) is 5.17. The van der Waals surface area contributed by atoms with Crippen molar-refractivity contribution in [1.29, 1.82) is 0 Å². The van der Waals surface area contributed by atoms with Crippen molar-refractivity contribution in [3.05, 3.63) is 42.4 Å². The molecule has 3 heterocycles. The second-order valence-corrected chi connectivity index (χ2v) is 6.16. The highest BCUT2D eigenvalue weighted by Crippen LogP contribution is 2.23. The number of hydrogen-bond acceptors (Lipinski definition) is 5. The van der Waals surface area contributed by atoms with Gasteiger partial charge in [0, 0.05) is 29.1 Å². The third-order valence-corrected chi connectivity index (χ3v) is 3.98. The molecule has 152 valence electrons. The van der Waals surface area contributed by atoms with Crippen LogP contribution in [0.25, 0.3) is 17.1 Å². The molecule has 8 nitrogen and oxygen atoms in total. The molecule has 0 radical (unpaired) electrons. The predicted molar refractivity (Wildman–Crippen MR) is 102 cm³/mol. The van der Waals surface area contributed by atoms with Gasteiger partial charge in [0.25, 0.3) is 0 Å². The van der Waals surface area contributed by atoms with Crippen molar-refractivity contribution in [2.45, 2.75) is 26.6 Å². The molecule has 3 aromatic heterocycles. The Morgan fingerprint density at radius 2 is 2.17 bits per heavy atom. The van der Waals surface area contributed by atoms with E-state index in [-0.39, 0.29) is 6.54 Å². The maximum Gasteiger partial charge on any atom is 0.405 e. The zero-order chi connectivity index (χ0) is 21.0. The molecule has 0 unspecified atom stereocenters. The fourth-order valence-corrected chi connectivity index (χ4v) is 2.69. The molecule has 0 atom stereocenters. The van der Waals surface area contributed by atoms with Gasteiger partial charge in [-0.25, -0.2) is 19.9 Å². The highest BCUT2D eigenvalue weighted by Gasteiger charge is 2.27. The molecule has 0 spiro atoms. The Morgan fingerprint density at radius 3 is 2.90 bits per heavy atom. The number of aliphatic imine (C=N–C) groups is 1. The number of halogens is 3. The summed E-state index contributed by atoms with van der Waals surface area (Å²) in [5, 5.41) is 2.62. The van der Waals surface area contributed by atoms with Crippen molar-refractivity contribution in [3.8, 4) is 0 Å². The average Bonchev–Trinajstić information content (AvgIpc) is 3.25. The smallest absolute Gasteiger partial charge is 0.345 e. The topological polar surface area (TPSA) is 101 Å². The normalized spacial score (nSPS) is 12.8. The number of aromatic amines is 1. The number of amides is 1. The standard InChI is InChI=1S/C18H18F3N7O/c1-3-4-14-17(28(10-26-14)7-15(29)24-8-18(19,20)21)27-11(2)12-6-23-16-13(12)5-22-9-25-16/h3-6,9-10H,7-8H2,1-2H3,(H,24,29)(H,22,23,25). The summed E-state index contributed by atoms with van der Waals surface area (Å²) in [4.78, 5) is 31.9. The van der Waals surface area contributed by atoms with Crippen molar-refractivity contribution in [2.24, 2.45) is 4.99 Å². The van der Waals surface area contributed by atoms with Crippen molar-refractivity contribution < 1.29 is 18.0 Å². The van der Waals surface area contributed by atoms with E-state index in [1.54, 1.807) is 38.4 Å². The quantitative estimate of drug-likeness (QED) is 0.616. The van der Waals surface area contributed by atoms with Gasteiger partial charge in [0.2, 0.25) is 5.91 Å². The number of nitrogens with zero attached hydrogens (tertiary/aromatic N) is 5. The van der Waals surface area contributed by atoms with Gasteiger partial charge in [-0.2, -0.15) is 13.2 Å². The number of allylic oxidation sites excluding steroid dienone is 1. The summed E-state index contributed by atoms with van der Waals surface area (Å²) in [7, 11) is 0. The first-order valence-electron chi connectivity index (χ1n) is 8.62. The van der Waals surface area contributed by atoms with Crippen LogP contribution in [0.4, 0.5) is 19.0 Å². The minimum Gasteiger partial charge on any atom is -0.345 e. The van der Waals surface area contributed by atoms with Crippen LogP contribution in [0.1, 0.15) is 25.1 Å². The van der Waals surface area contributed by atoms with Gasteiger partial charge in [-0.1, -0.05) is 6.08 Å². The molecule has 0 saturated carbocycles. The molecule has 1 amide bonds. The monoisotopic (exact) mass is 405 g/mol. The molecule has 0 bridgehead atoms. The van der Waals surface area contributed by atoms with E-state index in [1.807, 2.05) is 5.32 Å². The van der Waals surface area contributed by atoms with Gasteiger partial charge in [-0.3, -0.25) is 4.79 Å². The van der Waals surface area contributed by atoms with Crippen molar-refractivity contribution in [3.63, 3.8) is 0 Å². The van der Waals surface area contributed by atoms with E-state index in [9.17, 15) is 18.0 Å². The van der Waals surface area contributed by atoms with E-state index < -0.39 is 18.6 Å². The van der Waals surface area contributed by atoms with E-state index in [0.717, 1.165) is 10.9 Å². The first-order chi connectivity index (χ1) is 13.8. The van der Waals surface area contributed by atoms with E-state index in [4.69, 9.17) is 0 Å². The van der Waals surface area contributed by atoms with Crippen LogP contribution < -0.4 is 5.32 Å². The summed E-state index contributed by atoms with van der Waals surface area (Å²) >= 11 is 0. The minimum atomic E-state index is -4.48. The fraction of sp³-hybridized carbons (Fsp3) is 0.278. The maximum absolute atomic E-state index is 12.3. The number of H-pyrrole nitrogens is 1.